The van der Waals surface area contributed by atoms with Crippen LogP contribution in [-0.2, 0) is 0 Å². The van der Waals surface area contributed by atoms with Gasteiger partial charge in [0.05, 0.1) is 6.04 Å². The Kier molecular flexibility index (Phi) is 4.86. The summed E-state index contributed by atoms with van der Waals surface area (Å²) in [6.45, 7) is 12.6. The molecule has 0 heterocycles. The summed E-state index contributed by atoms with van der Waals surface area (Å²) in [4.78, 5) is 0. The third-order valence-electron chi connectivity index (χ3n) is 1.44. The monoisotopic (exact) mass is 171 g/mol. The van der Waals surface area contributed by atoms with E-state index in [9.17, 15) is 0 Å². The number of nitrogens with zero attached hydrogens (tertiary/aromatic N) is 3. The maximum Gasteiger partial charge on any atom is 0.0673 e. The average Bonchev–Trinajstić information content (AvgIpc) is 1.84. The largest absolute Gasteiger partial charge is 0.274 e. The van der Waals surface area contributed by atoms with Crippen LogP contribution in [0, 0.1) is 0 Å². The third-order valence-corrected chi connectivity index (χ3v) is 1.44. The minimum Gasteiger partial charge on any atom is -0.274 e. The Morgan fingerprint density at radius 1 is 0.833 bits per heavy atom. The Morgan fingerprint density at radius 2 is 1.25 bits per heavy atom. The molecule has 0 saturated heterocycles. The summed E-state index contributed by atoms with van der Waals surface area (Å²) in [7, 11) is 0. The van der Waals surface area contributed by atoms with Gasteiger partial charge in [-0.1, -0.05) is 5.22 Å². The molecule has 0 aromatic carbocycles. The summed E-state index contributed by atoms with van der Waals surface area (Å²) in [6.07, 6.45) is 0. The van der Waals surface area contributed by atoms with Crippen molar-refractivity contribution in [1.82, 2.24) is 5.01 Å². The van der Waals surface area contributed by atoms with E-state index in [0.717, 1.165) is 0 Å². The molecule has 12 heavy (non-hydrogen) atoms. The first-order valence-corrected chi connectivity index (χ1v) is 4.64. The number of hydrogen-bond donors (Lipinski definition) is 0. The molecule has 0 unspecified atom stereocenters. The molecule has 0 spiro atoms. The van der Waals surface area contributed by atoms with Gasteiger partial charge in [0.2, 0.25) is 0 Å². The second-order valence-corrected chi connectivity index (χ2v) is 3.87. The van der Waals surface area contributed by atoms with E-state index in [-0.39, 0.29) is 6.04 Å². The highest BCUT2D eigenvalue weighted by Crippen LogP contribution is 2.06. The van der Waals surface area contributed by atoms with Crippen molar-refractivity contribution in [2.24, 2.45) is 10.3 Å². The van der Waals surface area contributed by atoms with Crippen molar-refractivity contribution in [1.29, 1.82) is 0 Å². The molecule has 0 saturated carbocycles. The van der Waals surface area contributed by atoms with Crippen molar-refractivity contribution < 1.29 is 0 Å². The van der Waals surface area contributed by atoms with Crippen LogP contribution >= 0.6 is 0 Å². The van der Waals surface area contributed by atoms with Gasteiger partial charge in [0.25, 0.3) is 0 Å². The van der Waals surface area contributed by atoms with Crippen molar-refractivity contribution in [3.05, 3.63) is 0 Å². The van der Waals surface area contributed by atoms with Gasteiger partial charge >= 0.3 is 0 Å². The van der Waals surface area contributed by atoms with Crippen LogP contribution in [-0.4, -0.2) is 23.1 Å². The standard InChI is InChI=1S/C9H21N3/c1-7(2)10-11-12(8(3)4)9(5)6/h7-9H,1-6H3/b11-10-. The molecule has 0 aliphatic carbocycles. The lowest BCUT2D eigenvalue weighted by Crippen LogP contribution is -2.31. The van der Waals surface area contributed by atoms with Crippen LogP contribution < -0.4 is 0 Å². The van der Waals surface area contributed by atoms with E-state index >= 15 is 0 Å². The SMILES string of the molecule is CC(C)/N=N\N(C(C)C)C(C)C. The van der Waals surface area contributed by atoms with Crippen LogP contribution in [0.25, 0.3) is 0 Å². The third kappa shape index (κ3) is 4.31. The molecule has 0 fully saturated rings. The summed E-state index contributed by atoms with van der Waals surface area (Å²) in [5, 5.41) is 10.3. The first-order chi connectivity index (χ1) is 5.45. The Bertz CT molecular complexity index is 131. The van der Waals surface area contributed by atoms with Crippen molar-refractivity contribution >= 4 is 0 Å². The van der Waals surface area contributed by atoms with Crippen LogP contribution in [0.2, 0.25) is 0 Å². The quantitative estimate of drug-likeness (QED) is 0.472. The molecule has 0 amide bonds. The number of rotatable bonds is 4. The highest BCUT2D eigenvalue weighted by atomic mass is 15.6. The molecule has 0 aliphatic rings. The topological polar surface area (TPSA) is 28.0 Å². The van der Waals surface area contributed by atoms with Crippen molar-refractivity contribution in [2.45, 2.75) is 59.7 Å². The van der Waals surface area contributed by atoms with Gasteiger partial charge in [-0.2, -0.15) is 5.11 Å². The predicted molar refractivity (Wildman–Crippen MR) is 52.1 cm³/mol. The second kappa shape index (κ2) is 5.12. The summed E-state index contributed by atoms with van der Waals surface area (Å²) in [6, 6.07) is 1.13. The molecule has 0 aliphatic heterocycles. The zero-order chi connectivity index (χ0) is 9.72. The van der Waals surface area contributed by atoms with Gasteiger partial charge in [-0.05, 0) is 41.5 Å². The van der Waals surface area contributed by atoms with Crippen LogP contribution in [0.4, 0.5) is 0 Å². The number of hydrogen-bond acceptors (Lipinski definition) is 2. The first kappa shape index (κ1) is 11.4. The van der Waals surface area contributed by atoms with E-state index < -0.39 is 0 Å². The van der Waals surface area contributed by atoms with Crippen LogP contribution in [0.1, 0.15) is 41.5 Å². The van der Waals surface area contributed by atoms with E-state index in [1.54, 1.807) is 0 Å². The smallest absolute Gasteiger partial charge is 0.0673 e. The van der Waals surface area contributed by atoms with E-state index in [1.165, 1.54) is 0 Å². The Hall–Kier alpha value is -0.600. The average molecular weight is 171 g/mol. The van der Waals surface area contributed by atoms with E-state index in [4.69, 9.17) is 0 Å². The first-order valence-electron chi connectivity index (χ1n) is 4.64. The molecule has 3 nitrogen and oxygen atoms in total. The molecule has 0 radical (unpaired) electrons. The lowest BCUT2D eigenvalue weighted by Gasteiger charge is -2.26. The Morgan fingerprint density at radius 3 is 1.50 bits per heavy atom. The molecule has 3 heteroatoms. The maximum absolute atomic E-state index is 4.18. The fraction of sp³-hybridized carbons (Fsp3) is 1.00. The molecule has 0 bridgehead atoms. The molecular formula is C9H21N3. The summed E-state index contributed by atoms with van der Waals surface area (Å²) < 4.78 is 0. The fourth-order valence-corrected chi connectivity index (χ4v) is 0.966. The lowest BCUT2D eigenvalue weighted by molar-refractivity contribution is 0.164. The zero-order valence-corrected chi connectivity index (χ0v) is 9.07. The predicted octanol–water partition coefficient (Wildman–Crippen LogP) is 2.88. The van der Waals surface area contributed by atoms with Crippen LogP contribution in [0.15, 0.2) is 10.3 Å². The van der Waals surface area contributed by atoms with Gasteiger partial charge < -0.3 is 0 Å². The van der Waals surface area contributed by atoms with Gasteiger partial charge in [-0.25, -0.2) is 0 Å². The van der Waals surface area contributed by atoms with Crippen molar-refractivity contribution in [2.75, 3.05) is 0 Å². The Balaban J connectivity index is 4.14. The van der Waals surface area contributed by atoms with Gasteiger partial charge in [0.15, 0.2) is 0 Å². The Labute approximate surface area is 75.8 Å². The molecule has 0 atom stereocenters. The van der Waals surface area contributed by atoms with Crippen molar-refractivity contribution in [3.63, 3.8) is 0 Å². The molecule has 0 aromatic heterocycles. The van der Waals surface area contributed by atoms with E-state index in [2.05, 4.69) is 38.0 Å². The van der Waals surface area contributed by atoms with Crippen LogP contribution in [0.3, 0.4) is 0 Å². The lowest BCUT2D eigenvalue weighted by atomic mass is 10.3. The highest BCUT2D eigenvalue weighted by molar-refractivity contribution is 4.61. The molecule has 0 aromatic rings. The minimum atomic E-state index is 0.282. The highest BCUT2D eigenvalue weighted by Gasteiger charge is 2.10. The van der Waals surface area contributed by atoms with Gasteiger partial charge in [-0.3, -0.25) is 5.01 Å². The van der Waals surface area contributed by atoms with Gasteiger partial charge in [0.1, 0.15) is 0 Å². The minimum absolute atomic E-state index is 0.282. The summed E-state index contributed by atoms with van der Waals surface area (Å²) >= 11 is 0. The summed E-state index contributed by atoms with van der Waals surface area (Å²) in [5.41, 5.74) is 0. The van der Waals surface area contributed by atoms with Gasteiger partial charge in [0, 0.05) is 12.1 Å². The maximum atomic E-state index is 4.18. The van der Waals surface area contributed by atoms with Gasteiger partial charge in [-0.15, -0.1) is 0 Å². The van der Waals surface area contributed by atoms with E-state index in [1.807, 2.05) is 18.9 Å². The molecule has 0 N–H and O–H groups in total. The normalized spacial score (nSPS) is 12.4. The summed E-state index contributed by atoms with van der Waals surface area (Å²) in [5.74, 6) is 0. The van der Waals surface area contributed by atoms with E-state index in [0.29, 0.717) is 12.1 Å². The fourth-order valence-electron chi connectivity index (χ4n) is 0.966. The second-order valence-electron chi connectivity index (χ2n) is 3.87. The molecular weight excluding hydrogens is 150 g/mol. The van der Waals surface area contributed by atoms with Crippen molar-refractivity contribution in [3.8, 4) is 0 Å². The van der Waals surface area contributed by atoms with Crippen LogP contribution in [0.5, 0.6) is 0 Å². The molecule has 72 valence electrons. The zero-order valence-electron chi connectivity index (χ0n) is 9.07. The molecule has 0 rings (SSSR count).